The zero-order valence-corrected chi connectivity index (χ0v) is 21.8. The molecule has 0 bridgehead atoms. The van der Waals surface area contributed by atoms with Crippen molar-refractivity contribution in [3.8, 4) is 5.75 Å². The molecule has 190 valence electrons. The van der Waals surface area contributed by atoms with Crippen LogP contribution in [0.15, 0.2) is 18.2 Å². The van der Waals surface area contributed by atoms with Gasteiger partial charge in [0.25, 0.3) is 0 Å². The molecule has 2 atom stereocenters. The van der Waals surface area contributed by atoms with Crippen LogP contribution in [0.5, 0.6) is 5.75 Å². The van der Waals surface area contributed by atoms with Crippen LogP contribution in [0.4, 0.5) is 4.79 Å². The second kappa shape index (κ2) is 12.3. The molecule has 0 heterocycles. The van der Waals surface area contributed by atoms with E-state index in [1.165, 1.54) is 4.90 Å². The minimum Gasteiger partial charge on any atom is -0.507 e. The molecule has 2 rings (SSSR count). The lowest BCUT2D eigenvalue weighted by molar-refractivity contribution is -0.147. The average molecular weight is 494 g/mol. The van der Waals surface area contributed by atoms with Gasteiger partial charge in [0.15, 0.2) is 0 Å². The van der Waals surface area contributed by atoms with Crippen molar-refractivity contribution in [2.24, 2.45) is 0 Å². The number of hydrogen-bond acceptors (Lipinski definition) is 6. The normalized spacial score (nSPS) is 15.6. The zero-order valence-electron chi connectivity index (χ0n) is 20.9. The maximum Gasteiger partial charge on any atom is 0.408 e. The third-order valence-electron chi connectivity index (χ3n) is 5.81. The number of rotatable bonds is 10. The van der Waals surface area contributed by atoms with Gasteiger partial charge in [-0.15, -0.1) is 0 Å². The molecule has 1 saturated carbocycles. The van der Waals surface area contributed by atoms with Crippen LogP contribution in [0.25, 0.3) is 0 Å². The molecule has 3 N–H and O–H groups in total. The molecule has 8 nitrogen and oxygen atoms in total. The number of unbranched alkanes of at least 4 members (excludes halogenated alkanes) is 1. The average Bonchev–Trinajstić information content (AvgIpc) is 2.71. The van der Waals surface area contributed by atoms with E-state index in [-0.39, 0.29) is 23.5 Å². The number of phenols is 1. The number of amides is 3. The molecule has 0 radical (unpaired) electrons. The van der Waals surface area contributed by atoms with Gasteiger partial charge in [-0.2, -0.15) is 12.6 Å². The molecule has 1 aliphatic rings. The third kappa shape index (κ3) is 7.29. The van der Waals surface area contributed by atoms with Gasteiger partial charge in [0, 0.05) is 23.9 Å². The number of thiol groups is 1. The first-order valence-electron chi connectivity index (χ1n) is 12.0. The minimum atomic E-state index is -1.03. The molecular weight excluding hydrogens is 454 g/mol. The van der Waals surface area contributed by atoms with Gasteiger partial charge in [-0.3, -0.25) is 9.59 Å². The van der Waals surface area contributed by atoms with E-state index in [4.69, 9.17) is 4.74 Å². The molecule has 3 amide bonds. The Morgan fingerprint density at radius 3 is 2.47 bits per heavy atom. The van der Waals surface area contributed by atoms with Gasteiger partial charge in [-0.05, 0) is 58.9 Å². The Morgan fingerprint density at radius 1 is 1.26 bits per heavy atom. The van der Waals surface area contributed by atoms with Crippen molar-refractivity contribution in [2.75, 3.05) is 12.3 Å². The number of phenolic OH excluding ortho intramolecular Hbond substituents is 1. The Morgan fingerprint density at radius 2 is 1.94 bits per heavy atom. The number of aromatic hydroxyl groups is 1. The smallest absolute Gasteiger partial charge is 0.408 e. The topological polar surface area (TPSA) is 108 Å². The van der Waals surface area contributed by atoms with Crippen LogP contribution in [0.3, 0.4) is 0 Å². The predicted octanol–water partition coefficient (Wildman–Crippen LogP) is 3.86. The van der Waals surface area contributed by atoms with Crippen LogP contribution in [0, 0.1) is 6.92 Å². The van der Waals surface area contributed by atoms with Crippen molar-refractivity contribution in [1.82, 2.24) is 15.5 Å². The molecule has 1 aromatic rings. The van der Waals surface area contributed by atoms with Crippen LogP contribution in [-0.4, -0.2) is 57.9 Å². The van der Waals surface area contributed by atoms with Crippen LogP contribution in [0.2, 0.25) is 0 Å². The van der Waals surface area contributed by atoms with Gasteiger partial charge in [-0.1, -0.05) is 31.5 Å². The second-order valence-electron chi connectivity index (χ2n) is 9.77. The lowest BCUT2D eigenvalue weighted by Crippen LogP contribution is -2.58. The van der Waals surface area contributed by atoms with Crippen LogP contribution in [-0.2, 0) is 14.3 Å². The van der Waals surface area contributed by atoms with E-state index in [2.05, 4.69) is 23.3 Å². The monoisotopic (exact) mass is 493 g/mol. The summed E-state index contributed by atoms with van der Waals surface area (Å²) >= 11 is 4.30. The highest BCUT2D eigenvalue weighted by Crippen LogP contribution is 2.37. The highest BCUT2D eigenvalue weighted by Gasteiger charge is 2.42. The lowest BCUT2D eigenvalue weighted by Gasteiger charge is -2.43. The molecule has 0 aliphatic heterocycles. The number of carbonyl (C=O) groups is 3. The number of ether oxygens (including phenoxy) is 1. The first-order chi connectivity index (χ1) is 16.0. The van der Waals surface area contributed by atoms with E-state index in [0.717, 1.165) is 32.1 Å². The summed E-state index contributed by atoms with van der Waals surface area (Å²) in [5, 5.41) is 16.4. The molecule has 0 aromatic heterocycles. The maximum atomic E-state index is 13.8. The van der Waals surface area contributed by atoms with Crippen molar-refractivity contribution < 1.29 is 24.2 Å². The lowest BCUT2D eigenvalue weighted by atomic mass is 9.87. The Hall–Kier alpha value is -2.42. The highest BCUT2D eigenvalue weighted by molar-refractivity contribution is 7.80. The number of para-hydroxylation sites is 1. The van der Waals surface area contributed by atoms with Gasteiger partial charge in [0.1, 0.15) is 23.4 Å². The SMILES string of the molecule is CCCCNC(=O)C(c1cccc(C)c1O)N(C(=O)C(CS)NC(=O)OC(C)(C)C)C1CCC1. The van der Waals surface area contributed by atoms with Crippen LogP contribution >= 0.6 is 12.6 Å². The Kier molecular flexibility index (Phi) is 10.1. The van der Waals surface area contributed by atoms with Gasteiger partial charge >= 0.3 is 6.09 Å². The number of nitrogens with one attached hydrogen (secondary N) is 2. The first-order valence-corrected chi connectivity index (χ1v) is 12.6. The number of nitrogens with zero attached hydrogens (tertiary/aromatic N) is 1. The molecule has 1 aliphatic carbocycles. The predicted molar refractivity (Wildman–Crippen MR) is 135 cm³/mol. The van der Waals surface area contributed by atoms with Gasteiger partial charge in [-0.25, -0.2) is 4.79 Å². The number of aryl methyl sites for hydroxylation is 1. The maximum absolute atomic E-state index is 13.8. The number of hydrogen-bond donors (Lipinski definition) is 4. The van der Waals surface area contributed by atoms with Gasteiger partial charge in [0.2, 0.25) is 11.8 Å². The van der Waals surface area contributed by atoms with Crippen molar-refractivity contribution in [3.63, 3.8) is 0 Å². The van der Waals surface area contributed by atoms with Gasteiger partial charge in [0.05, 0.1) is 0 Å². The summed E-state index contributed by atoms with van der Waals surface area (Å²) in [6, 6.07) is 2.98. The Labute approximate surface area is 208 Å². The van der Waals surface area contributed by atoms with E-state index in [1.54, 1.807) is 45.9 Å². The summed E-state index contributed by atoms with van der Waals surface area (Å²) < 4.78 is 5.32. The highest BCUT2D eigenvalue weighted by atomic mass is 32.1. The summed E-state index contributed by atoms with van der Waals surface area (Å²) in [6.45, 7) is 9.46. The zero-order chi connectivity index (χ0) is 25.5. The first kappa shape index (κ1) is 27.8. The molecule has 0 spiro atoms. The van der Waals surface area contributed by atoms with E-state index in [1.807, 2.05) is 6.92 Å². The quantitative estimate of drug-likeness (QED) is 0.292. The van der Waals surface area contributed by atoms with Crippen LogP contribution in [0.1, 0.15) is 77.0 Å². The summed E-state index contributed by atoms with van der Waals surface area (Å²) in [6.07, 6.45) is 3.40. The fourth-order valence-electron chi connectivity index (χ4n) is 3.80. The molecular formula is C25H39N3O5S. The molecule has 1 fully saturated rings. The molecule has 0 saturated heterocycles. The van der Waals surface area contributed by atoms with Crippen LogP contribution < -0.4 is 10.6 Å². The summed E-state index contributed by atoms with van der Waals surface area (Å²) in [5.41, 5.74) is 0.253. The van der Waals surface area contributed by atoms with E-state index in [9.17, 15) is 19.5 Å². The van der Waals surface area contributed by atoms with E-state index in [0.29, 0.717) is 17.7 Å². The number of carbonyl (C=O) groups excluding carboxylic acids is 3. The fraction of sp³-hybridized carbons (Fsp3) is 0.640. The summed E-state index contributed by atoms with van der Waals surface area (Å²) in [5.74, 6) is -0.768. The molecule has 2 unspecified atom stereocenters. The van der Waals surface area contributed by atoms with Crippen molar-refractivity contribution in [3.05, 3.63) is 29.3 Å². The van der Waals surface area contributed by atoms with Gasteiger partial charge < -0.3 is 25.4 Å². The van der Waals surface area contributed by atoms with E-state index < -0.39 is 29.7 Å². The van der Waals surface area contributed by atoms with Crippen molar-refractivity contribution >= 4 is 30.5 Å². The fourth-order valence-corrected chi connectivity index (χ4v) is 4.05. The largest absolute Gasteiger partial charge is 0.507 e. The third-order valence-corrected chi connectivity index (χ3v) is 6.18. The molecule has 9 heteroatoms. The van der Waals surface area contributed by atoms with Crippen molar-refractivity contribution in [2.45, 2.75) is 90.4 Å². The Bertz CT molecular complexity index is 867. The molecule has 1 aromatic carbocycles. The second-order valence-corrected chi connectivity index (χ2v) is 10.1. The number of alkyl carbamates (subject to hydrolysis) is 1. The Balaban J connectivity index is 2.44. The minimum absolute atomic E-state index is 0.0159. The standard InChI is InChI=1S/C25H39N3O5S/c1-6-7-14-26-22(30)20(18-13-8-10-16(2)21(18)29)28(17-11-9-12-17)23(31)19(15-34)27-24(32)33-25(3,4)5/h8,10,13,17,19-20,29,34H,6-7,9,11-12,14-15H2,1-5H3,(H,26,30)(H,27,32). The van der Waals surface area contributed by atoms with Crippen molar-refractivity contribution in [1.29, 1.82) is 0 Å². The number of benzene rings is 1. The summed E-state index contributed by atoms with van der Waals surface area (Å²) in [7, 11) is 0. The molecule has 34 heavy (non-hydrogen) atoms. The summed E-state index contributed by atoms with van der Waals surface area (Å²) in [4.78, 5) is 41.2. The van der Waals surface area contributed by atoms with E-state index >= 15 is 0 Å².